The Hall–Kier alpha value is -2.55. The molecular weight excluding hydrogens is 326 g/mol. The fourth-order valence-electron chi connectivity index (χ4n) is 2.40. The zero-order valence-corrected chi connectivity index (χ0v) is 14.5. The lowest BCUT2D eigenvalue weighted by atomic mass is 10.2. The minimum Gasteiger partial charge on any atom is -0.331 e. The average molecular weight is 345 g/mol. The Labute approximate surface area is 143 Å². The lowest BCUT2D eigenvalue weighted by Crippen LogP contribution is -2.37. The summed E-state index contributed by atoms with van der Waals surface area (Å²) in [7, 11) is 1.76. The van der Waals surface area contributed by atoms with E-state index in [1.165, 1.54) is 11.7 Å². The molecule has 0 unspecified atom stereocenters. The SMILES string of the molecule is CCCn1cnnc1CNC(=O)N(C)Cc1ccc2nsnc2c1. The highest BCUT2D eigenvalue weighted by molar-refractivity contribution is 7.00. The largest absolute Gasteiger partial charge is 0.331 e. The van der Waals surface area contributed by atoms with E-state index in [1.54, 1.807) is 18.3 Å². The van der Waals surface area contributed by atoms with Gasteiger partial charge in [0.2, 0.25) is 0 Å². The standard InChI is InChI=1S/C15H19N7OS/c1-3-6-22-10-17-18-14(22)8-16-15(23)21(2)9-11-4-5-12-13(7-11)20-24-19-12/h4-5,7,10H,3,6,8-9H2,1-2H3,(H,16,23). The maximum Gasteiger partial charge on any atom is 0.317 e. The van der Waals surface area contributed by atoms with Gasteiger partial charge in [0.15, 0.2) is 5.82 Å². The molecule has 2 aromatic heterocycles. The molecule has 0 radical (unpaired) electrons. The molecule has 1 N–H and O–H groups in total. The van der Waals surface area contributed by atoms with Gasteiger partial charge < -0.3 is 14.8 Å². The van der Waals surface area contributed by atoms with Gasteiger partial charge in [-0.15, -0.1) is 10.2 Å². The van der Waals surface area contributed by atoms with Gasteiger partial charge in [0, 0.05) is 20.1 Å². The summed E-state index contributed by atoms with van der Waals surface area (Å²) >= 11 is 1.19. The highest BCUT2D eigenvalue weighted by Gasteiger charge is 2.11. The Kier molecular flexibility index (Phi) is 4.99. The normalized spacial score (nSPS) is 10.9. The Morgan fingerprint density at radius 1 is 1.33 bits per heavy atom. The van der Waals surface area contributed by atoms with Crippen molar-refractivity contribution >= 4 is 28.8 Å². The van der Waals surface area contributed by atoms with Crippen LogP contribution in [0.4, 0.5) is 4.79 Å². The van der Waals surface area contributed by atoms with Gasteiger partial charge in [0.05, 0.1) is 18.3 Å². The van der Waals surface area contributed by atoms with E-state index in [0.29, 0.717) is 13.1 Å². The van der Waals surface area contributed by atoms with Crippen molar-refractivity contribution in [1.82, 2.24) is 33.7 Å². The number of benzene rings is 1. The molecule has 0 aliphatic rings. The van der Waals surface area contributed by atoms with Crippen molar-refractivity contribution in [2.24, 2.45) is 0 Å². The molecule has 9 heteroatoms. The molecule has 2 heterocycles. The molecule has 0 aliphatic carbocycles. The summed E-state index contributed by atoms with van der Waals surface area (Å²) < 4.78 is 10.3. The summed E-state index contributed by atoms with van der Waals surface area (Å²) in [5.74, 6) is 0.758. The molecule has 0 fully saturated rings. The van der Waals surface area contributed by atoms with Crippen LogP contribution in [-0.4, -0.2) is 41.5 Å². The number of aromatic nitrogens is 5. The van der Waals surface area contributed by atoms with Crippen molar-refractivity contribution in [1.29, 1.82) is 0 Å². The van der Waals surface area contributed by atoms with Crippen LogP contribution in [0.25, 0.3) is 11.0 Å². The smallest absolute Gasteiger partial charge is 0.317 e. The minimum atomic E-state index is -0.155. The Morgan fingerprint density at radius 3 is 3.00 bits per heavy atom. The molecule has 0 saturated carbocycles. The molecule has 3 aromatic rings. The van der Waals surface area contributed by atoms with Crippen LogP contribution >= 0.6 is 11.7 Å². The topological polar surface area (TPSA) is 88.8 Å². The molecule has 0 atom stereocenters. The molecule has 0 bridgehead atoms. The van der Waals surface area contributed by atoms with E-state index in [1.807, 2.05) is 22.8 Å². The van der Waals surface area contributed by atoms with Crippen LogP contribution < -0.4 is 5.32 Å². The zero-order valence-electron chi connectivity index (χ0n) is 13.6. The number of nitrogens with zero attached hydrogens (tertiary/aromatic N) is 6. The highest BCUT2D eigenvalue weighted by atomic mass is 32.1. The van der Waals surface area contributed by atoms with Crippen molar-refractivity contribution in [3.63, 3.8) is 0 Å². The van der Waals surface area contributed by atoms with Crippen LogP contribution in [0.2, 0.25) is 0 Å². The van der Waals surface area contributed by atoms with Gasteiger partial charge in [-0.1, -0.05) is 13.0 Å². The Balaban J connectivity index is 1.57. The summed E-state index contributed by atoms with van der Waals surface area (Å²) in [4.78, 5) is 13.9. The molecular formula is C15H19N7OS. The molecule has 8 nitrogen and oxygen atoms in total. The predicted octanol–water partition coefficient (Wildman–Crippen LogP) is 2.03. The third kappa shape index (κ3) is 3.67. The Bertz CT molecular complexity index is 828. The van der Waals surface area contributed by atoms with Crippen LogP contribution in [0.5, 0.6) is 0 Å². The first-order valence-electron chi connectivity index (χ1n) is 7.74. The minimum absolute atomic E-state index is 0.155. The first-order valence-corrected chi connectivity index (χ1v) is 8.47. The number of urea groups is 1. The zero-order chi connectivity index (χ0) is 16.9. The van der Waals surface area contributed by atoms with Crippen LogP contribution in [0.1, 0.15) is 24.7 Å². The van der Waals surface area contributed by atoms with Crippen molar-refractivity contribution in [2.45, 2.75) is 33.0 Å². The second-order valence-electron chi connectivity index (χ2n) is 5.54. The fourth-order valence-corrected chi connectivity index (χ4v) is 2.92. The van der Waals surface area contributed by atoms with Gasteiger partial charge in [-0.2, -0.15) is 8.75 Å². The van der Waals surface area contributed by atoms with Crippen LogP contribution in [0.15, 0.2) is 24.5 Å². The lowest BCUT2D eigenvalue weighted by Gasteiger charge is -2.18. The van der Waals surface area contributed by atoms with E-state index >= 15 is 0 Å². The molecule has 2 amide bonds. The number of hydrogen-bond donors (Lipinski definition) is 1. The van der Waals surface area contributed by atoms with Crippen molar-refractivity contribution in [3.8, 4) is 0 Å². The lowest BCUT2D eigenvalue weighted by molar-refractivity contribution is 0.206. The Morgan fingerprint density at radius 2 is 2.17 bits per heavy atom. The predicted molar refractivity (Wildman–Crippen MR) is 91.4 cm³/mol. The second kappa shape index (κ2) is 7.35. The number of carbonyl (C=O) groups is 1. The number of carbonyl (C=O) groups excluding carboxylic acids is 1. The third-order valence-electron chi connectivity index (χ3n) is 3.64. The van der Waals surface area contributed by atoms with E-state index in [9.17, 15) is 4.79 Å². The molecule has 0 aliphatic heterocycles. The monoisotopic (exact) mass is 345 g/mol. The second-order valence-corrected chi connectivity index (χ2v) is 6.07. The molecule has 24 heavy (non-hydrogen) atoms. The average Bonchev–Trinajstić information content (AvgIpc) is 3.21. The highest BCUT2D eigenvalue weighted by Crippen LogP contribution is 2.14. The van der Waals surface area contributed by atoms with Crippen LogP contribution in [-0.2, 0) is 19.6 Å². The van der Waals surface area contributed by atoms with Crippen LogP contribution in [0.3, 0.4) is 0 Å². The van der Waals surface area contributed by atoms with Crippen LogP contribution in [0, 0.1) is 0 Å². The van der Waals surface area contributed by atoms with E-state index in [0.717, 1.165) is 35.4 Å². The van der Waals surface area contributed by atoms with Gasteiger partial charge in [0.25, 0.3) is 0 Å². The number of nitrogens with one attached hydrogen (secondary N) is 1. The van der Waals surface area contributed by atoms with Gasteiger partial charge in [0.1, 0.15) is 17.4 Å². The number of aryl methyl sites for hydroxylation is 1. The third-order valence-corrected chi connectivity index (χ3v) is 4.20. The van der Waals surface area contributed by atoms with E-state index in [4.69, 9.17) is 0 Å². The first-order chi connectivity index (χ1) is 11.7. The summed E-state index contributed by atoms with van der Waals surface area (Å²) in [5.41, 5.74) is 2.76. The van der Waals surface area contributed by atoms with Gasteiger partial charge >= 0.3 is 6.03 Å². The number of rotatable bonds is 6. The van der Waals surface area contributed by atoms with Crippen molar-refractivity contribution in [3.05, 3.63) is 35.9 Å². The van der Waals surface area contributed by atoms with Crippen molar-refractivity contribution < 1.29 is 4.79 Å². The molecule has 1 aromatic carbocycles. The number of amides is 2. The fraction of sp³-hybridized carbons (Fsp3) is 0.400. The van der Waals surface area contributed by atoms with Crippen molar-refractivity contribution in [2.75, 3.05) is 7.05 Å². The van der Waals surface area contributed by atoms with E-state index in [-0.39, 0.29) is 6.03 Å². The molecule has 0 saturated heterocycles. The maximum atomic E-state index is 12.3. The molecule has 0 spiro atoms. The van der Waals surface area contributed by atoms with E-state index in [2.05, 4.69) is 31.2 Å². The van der Waals surface area contributed by atoms with E-state index < -0.39 is 0 Å². The number of hydrogen-bond acceptors (Lipinski definition) is 6. The van der Waals surface area contributed by atoms with Gasteiger partial charge in [-0.05, 0) is 24.1 Å². The summed E-state index contributed by atoms with van der Waals surface area (Å²) in [6.07, 6.45) is 2.68. The first kappa shape index (κ1) is 16.3. The number of fused-ring (bicyclic) bond motifs is 1. The summed E-state index contributed by atoms with van der Waals surface area (Å²) in [5, 5.41) is 10.8. The quantitative estimate of drug-likeness (QED) is 0.738. The summed E-state index contributed by atoms with van der Waals surface area (Å²) in [6.45, 7) is 3.79. The molecule has 126 valence electrons. The molecule has 3 rings (SSSR count). The maximum absolute atomic E-state index is 12.3. The van der Waals surface area contributed by atoms with Gasteiger partial charge in [-0.3, -0.25) is 0 Å². The summed E-state index contributed by atoms with van der Waals surface area (Å²) in [6, 6.07) is 5.69. The van der Waals surface area contributed by atoms with Gasteiger partial charge in [-0.25, -0.2) is 4.79 Å².